The van der Waals surface area contributed by atoms with Crippen molar-refractivity contribution in [1.29, 1.82) is 0 Å². The molecule has 0 aliphatic carbocycles. The summed E-state index contributed by atoms with van der Waals surface area (Å²) in [7, 11) is -3.22. The Morgan fingerprint density at radius 2 is 1.03 bits per heavy atom. The summed E-state index contributed by atoms with van der Waals surface area (Å²) in [5, 5.41) is 0. The van der Waals surface area contributed by atoms with Crippen LogP contribution < -0.4 is 23.4 Å². The van der Waals surface area contributed by atoms with Gasteiger partial charge in [-0.2, -0.15) is 0 Å². The van der Waals surface area contributed by atoms with Gasteiger partial charge in [0.1, 0.15) is 5.75 Å². The molecule has 5 nitrogen and oxygen atoms in total. The first kappa shape index (κ1) is 22.8. The highest BCUT2D eigenvalue weighted by Crippen LogP contribution is 2.39. The van der Waals surface area contributed by atoms with Crippen LogP contribution in [0.5, 0.6) is 5.75 Å². The molecule has 1 heterocycles. The summed E-state index contributed by atoms with van der Waals surface area (Å²) in [4.78, 5) is 2.49. The lowest BCUT2D eigenvalue weighted by Crippen LogP contribution is -2.68. The monoisotopic (exact) mass is 454 g/mol. The average Bonchev–Trinajstić information content (AvgIpc) is 2.79. The van der Waals surface area contributed by atoms with E-state index in [9.17, 15) is 0 Å². The van der Waals surface area contributed by atoms with Crippen LogP contribution in [-0.4, -0.2) is 7.11 Å². The van der Waals surface area contributed by atoms with Crippen LogP contribution in [-0.2, 0) is 0 Å². The van der Waals surface area contributed by atoms with Gasteiger partial charge in [-0.25, -0.2) is 18.6 Å². The van der Waals surface area contributed by atoms with Gasteiger partial charge in [-0.15, -0.1) is 10.2 Å². The van der Waals surface area contributed by atoms with E-state index in [2.05, 4.69) is 84.9 Å². The van der Waals surface area contributed by atoms with Crippen molar-refractivity contribution in [1.82, 2.24) is 0 Å². The second kappa shape index (κ2) is 10.5. The molecule has 31 heavy (non-hydrogen) atoms. The normalized spacial score (nSPS) is 10.7. The Bertz CT molecular complexity index is 1050. The van der Waals surface area contributed by atoms with Gasteiger partial charge >= 0.3 is 0 Å². The number of hydrogen-bond donors (Lipinski definition) is 0. The Hall–Kier alpha value is -2.84. The summed E-state index contributed by atoms with van der Waals surface area (Å²) >= 11 is 1.81. The molecule has 0 bridgehead atoms. The van der Waals surface area contributed by atoms with E-state index in [0.717, 1.165) is 11.3 Å². The van der Waals surface area contributed by atoms with E-state index in [0.29, 0.717) is 0 Å². The predicted octanol–water partition coefficient (Wildman–Crippen LogP) is 2.28. The minimum absolute atomic E-state index is 0.890. The molecule has 3 aromatic carbocycles. The Morgan fingerprint density at radius 1 is 0.613 bits per heavy atom. The molecule has 4 aromatic rings. The molecule has 0 fully saturated rings. The molecule has 0 unspecified atom stereocenters. The molecule has 7 heteroatoms. The highest BCUT2D eigenvalue weighted by molar-refractivity contribution is 7.18. The zero-order chi connectivity index (χ0) is 22.3. The van der Waals surface area contributed by atoms with Crippen molar-refractivity contribution in [2.45, 2.75) is 0 Å². The molecule has 0 atom stereocenters. The summed E-state index contributed by atoms with van der Waals surface area (Å²) in [6, 6.07) is 33.8. The van der Waals surface area contributed by atoms with Crippen molar-refractivity contribution in [3.05, 3.63) is 97.1 Å². The zero-order valence-corrected chi connectivity index (χ0v) is 18.1. The van der Waals surface area contributed by atoms with Crippen molar-refractivity contribution in [2.75, 3.05) is 7.11 Å². The molecule has 0 radical (unpaired) electrons. The van der Waals surface area contributed by atoms with E-state index in [4.69, 9.17) is 23.4 Å². The lowest BCUT2D eigenvalue weighted by atomic mass is 10.0. The van der Waals surface area contributed by atoms with Gasteiger partial charge in [-0.3, -0.25) is 0 Å². The number of halogens is 1. The fraction of sp³-hybridized carbons (Fsp3) is 0.0417. The van der Waals surface area contributed by atoms with Crippen LogP contribution >= 0.6 is 11.3 Å². The van der Waals surface area contributed by atoms with E-state index in [-0.39, 0.29) is 0 Å². The van der Waals surface area contributed by atoms with Gasteiger partial charge in [0.2, 0.25) is 21.1 Å². The molecular weight excluding hydrogens is 436 g/mol. The second-order valence-electron chi connectivity index (χ2n) is 6.38. The molecule has 0 aliphatic rings. The molecule has 0 N–H and O–H groups in total. The number of ether oxygens (including phenoxy) is 1. The van der Waals surface area contributed by atoms with E-state index < -0.39 is 10.2 Å². The first-order chi connectivity index (χ1) is 14.8. The highest BCUT2D eigenvalue weighted by atomic mass is 35.7. The van der Waals surface area contributed by atoms with Crippen molar-refractivity contribution in [3.8, 4) is 37.8 Å². The molecule has 0 spiro atoms. The molecule has 0 saturated carbocycles. The third kappa shape index (κ3) is 6.83. The lowest BCUT2D eigenvalue weighted by Gasteiger charge is -2.17. The summed E-state index contributed by atoms with van der Waals surface area (Å²) in [6.07, 6.45) is 0. The Kier molecular flexibility index (Phi) is 7.70. The number of para-hydroxylation sites is 1. The van der Waals surface area contributed by atoms with Crippen LogP contribution in [0.2, 0.25) is 0 Å². The third-order valence-corrected chi connectivity index (χ3v) is 5.47. The fourth-order valence-corrected chi connectivity index (χ4v) is 4.15. The maximum Gasteiger partial charge on any atom is 0.239 e. The number of hydrogen-bond acceptors (Lipinski definition) is 5. The Labute approximate surface area is 186 Å². The summed E-state index contributed by atoms with van der Waals surface area (Å²) in [6.45, 7) is 0. The molecule has 0 aliphatic heterocycles. The van der Waals surface area contributed by atoms with Gasteiger partial charge in [0.15, 0.2) is 0 Å². The highest BCUT2D eigenvalue weighted by Gasteiger charge is 2.20. The van der Waals surface area contributed by atoms with Crippen molar-refractivity contribution >= 4 is 11.3 Å². The van der Waals surface area contributed by atoms with E-state index >= 15 is 0 Å². The van der Waals surface area contributed by atoms with Crippen LogP contribution in [0, 0.1) is 10.2 Å². The van der Waals surface area contributed by atoms with Gasteiger partial charge in [-0.1, -0.05) is 54.6 Å². The predicted molar refractivity (Wildman–Crippen MR) is 112 cm³/mol. The van der Waals surface area contributed by atoms with Gasteiger partial charge in [0.05, 0.1) is 7.11 Å². The number of benzene rings is 3. The van der Waals surface area contributed by atoms with E-state index in [1.165, 1.54) is 26.4 Å². The van der Waals surface area contributed by atoms with Crippen LogP contribution in [0.4, 0.5) is 0 Å². The summed E-state index contributed by atoms with van der Waals surface area (Å²) in [5.41, 5.74) is 4.73. The zero-order valence-electron chi connectivity index (χ0n) is 16.6. The van der Waals surface area contributed by atoms with Crippen LogP contribution in [0.1, 0.15) is 0 Å². The van der Waals surface area contributed by atoms with E-state index in [1.807, 2.05) is 23.5 Å². The first-order valence-corrected chi connectivity index (χ1v) is 11.2. The topological polar surface area (TPSA) is 101 Å². The van der Waals surface area contributed by atoms with Crippen LogP contribution in [0.15, 0.2) is 97.1 Å². The second-order valence-corrected chi connectivity index (χ2v) is 8.22. The Morgan fingerprint density at radius 3 is 1.48 bits per heavy atom. The number of rotatable bonds is 4. The van der Waals surface area contributed by atoms with Crippen molar-refractivity contribution in [3.63, 3.8) is 0 Å². The van der Waals surface area contributed by atoms with Crippen LogP contribution in [0.3, 0.4) is 0 Å². The number of methoxy groups -OCH3 is 1. The van der Waals surface area contributed by atoms with E-state index in [1.54, 1.807) is 7.11 Å². The summed E-state index contributed by atoms with van der Waals surface area (Å²) in [5.74, 6) is 0.890. The SMILES string of the molecule is COc1ccccc1-c1cc(-c2ccccc2)[s+]c(-c2ccccc2)c1.[O-][Cl+3]([O-])([O-])[O-]. The van der Waals surface area contributed by atoms with Crippen LogP contribution in [0.25, 0.3) is 32.0 Å². The van der Waals surface area contributed by atoms with Crippen molar-refractivity contribution < 1.29 is 33.6 Å². The molecule has 0 amide bonds. The first-order valence-electron chi connectivity index (χ1n) is 9.19. The maximum atomic E-state index is 8.49. The van der Waals surface area contributed by atoms with Gasteiger partial charge < -0.3 is 4.74 Å². The standard InChI is InChI=1S/C24H19OS.ClHO4/c1-25-22-15-9-8-14-21(22)20-16-23(18-10-4-2-5-11-18)26-24(17-20)19-12-6-3-7-13-19;2-1(3,4)5/h2-17H,1H3;(H,2,3,4,5)/q+1;/p-1. The van der Waals surface area contributed by atoms with Crippen molar-refractivity contribution in [2.24, 2.45) is 0 Å². The minimum atomic E-state index is -4.94. The maximum absolute atomic E-state index is 8.49. The molecule has 158 valence electrons. The molecular formula is C24H19ClO5S. The lowest BCUT2D eigenvalue weighted by molar-refractivity contribution is -2.00. The average molecular weight is 455 g/mol. The van der Waals surface area contributed by atoms with Gasteiger partial charge in [0.25, 0.3) is 0 Å². The van der Waals surface area contributed by atoms with Gasteiger partial charge in [-0.05, 0) is 35.9 Å². The smallest absolute Gasteiger partial charge is 0.239 e. The third-order valence-electron chi connectivity index (χ3n) is 4.33. The Balaban J connectivity index is 0.000000491. The molecule has 1 aromatic heterocycles. The minimum Gasteiger partial charge on any atom is -0.496 e. The fourth-order valence-electron chi connectivity index (χ4n) is 3.03. The van der Waals surface area contributed by atoms with Gasteiger partial charge in [0, 0.05) is 28.8 Å². The quantitative estimate of drug-likeness (QED) is 0.440. The molecule has 4 rings (SSSR count). The largest absolute Gasteiger partial charge is 0.496 e. The molecule has 0 saturated heterocycles. The summed E-state index contributed by atoms with van der Waals surface area (Å²) < 4.78 is 39.6.